The third kappa shape index (κ3) is 6.24. The number of aromatic carboxylic acids is 1. The predicted molar refractivity (Wildman–Crippen MR) is 186 cm³/mol. The second-order valence-electron chi connectivity index (χ2n) is 12.2. The van der Waals surface area contributed by atoms with Crippen molar-refractivity contribution in [3.05, 3.63) is 99.8 Å². The first-order chi connectivity index (χ1) is 23.1. The average molecular weight is 709 g/mol. The molecule has 1 saturated heterocycles. The van der Waals surface area contributed by atoms with E-state index in [-0.39, 0.29) is 35.3 Å². The van der Waals surface area contributed by atoms with Crippen LogP contribution in [0.1, 0.15) is 60.5 Å². The normalized spacial score (nSPS) is 16.4. The molecule has 48 heavy (non-hydrogen) atoms. The Balaban J connectivity index is 1.23. The lowest BCUT2D eigenvalue weighted by Gasteiger charge is -2.26. The molecule has 5 aromatic rings. The van der Waals surface area contributed by atoms with Gasteiger partial charge in [0.2, 0.25) is 10.0 Å². The standard InChI is InChI=1S/C36H32Cl2FN3O5S/c37-25-10-7-22(8-11-25)29-20-30(38)34(41-15-4-16-48(41,45)46)18-24(29)21-47-27-12-13-28(31(39)19-27)35-40-32-17-23(36(43)44)9-14-33(32)42(35)26-5-2-1-3-6-26/h7-14,17-20,26H,1-6,15-16,21H2,(H,43,44). The SMILES string of the molecule is O=C(O)c1ccc2c(c1)nc(-c1ccc(OCc3cc(N4CCCS4(=O)=O)c(Cl)cc3-c3ccc(Cl)cc3)cc1F)n2C1CCCCC1. The number of ether oxygens (including phenoxy) is 1. The van der Waals surface area contributed by atoms with Gasteiger partial charge in [0, 0.05) is 23.7 Å². The highest BCUT2D eigenvalue weighted by molar-refractivity contribution is 7.93. The van der Waals surface area contributed by atoms with Gasteiger partial charge < -0.3 is 14.4 Å². The Bertz CT molecular complexity index is 2150. The maximum atomic E-state index is 16.0. The molecule has 12 heteroatoms. The molecule has 2 heterocycles. The summed E-state index contributed by atoms with van der Waals surface area (Å²) in [6.45, 7) is 0.339. The van der Waals surface area contributed by atoms with Crippen LogP contribution in [0.5, 0.6) is 5.75 Å². The van der Waals surface area contributed by atoms with Crippen molar-refractivity contribution in [2.75, 3.05) is 16.6 Å². The summed E-state index contributed by atoms with van der Waals surface area (Å²) in [6, 6.07) is 20.2. The molecule has 1 aliphatic carbocycles. The first-order valence-corrected chi connectivity index (χ1v) is 18.2. The number of anilines is 1. The Hall–Kier alpha value is -4.12. The van der Waals surface area contributed by atoms with Crippen LogP contribution in [0.25, 0.3) is 33.5 Å². The van der Waals surface area contributed by atoms with Crippen LogP contribution in [0.15, 0.2) is 72.8 Å². The van der Waals surface area contributed by atoms with E-state index in [0.29, 0.717) is 45.6 Å². The molecule has 0 atom stereocenters. The maximum Gasteiger partial charge on any atom is 0.335 e. The maximum absolute atomic E-state index is 16.0. The van der Waals surface area contributed by atoms with Crippen LogP contribution in [0.2, 0.25) is 10.0 Å². The number of hydrogen-bond acceptors (Lipinski definition) is 5. The fraction of sp³-hybridized carbons (Fsp3) is 0.278. The number of sulfonamides is 1. The highest BCUT2D eigenvalue weighted by atomic mass is 35.5. The second-order valence-corrected chi connectivity index (χ2v) is 15.1. The molecule has 1 saturated carbocycles. The quantitative estimate of drug-likeness (QED) is 0.173. The van der Waals surface area contributed by atoms with E-state index < -0.39 is 21.8 Å². The zero-order chi connectivity index (χ0) is 33.6. The number of carboxylic acid groups (broad SMARTS) is 1. The topological polar surface area (TPSA) is 102 Å². The monoisotopic (exact) mass is 707 g/mol. The molecule has 1 N–H and O–H groups in total. The number of carbonyl (C=O) groups is 1. The van der Waals surface area contributed by atoms with Crippen LogP contribution < -0.4 is 9.04 Å². The van der Waals surface area contributed by atoms with Gasteiger partial charge in [-0.15, -0.1) is 0 Å². The van der Waals surface area contributed by atoms with Gasteiger partial charge in [0.05, 0.1) is 38.6 Å². The molecular weight excluding hydrogens is 676 g/mol. The molecule has 0 radical (unpaired) electrons. The van der Waals surface area contributed by atoms with Gasteiger partial charge in [0.25, 0.3) is 0 Å². The highest BCUT2D eigenvalue weighted by Crippen LogP contribution is 2.40. The van der Waals surface area contributed by atoms with E-state index in [4.69, 9.17) is 32.9 Å². The van der Waals surface area contributed by atoms with Crippen molar-refractivity contribution in [1.29, 1.82) is 0 Å². The summed E-state index contributed by atoms with van der Waals surface area (Å²) >= 11 is 12.8. The van der Waals surface area contributed by atoms with E-state index in [1.54, 1.807) is 48.5 Å². The third-order valence-electron chi connectivity index (χ3n) is 9.15. The number of rotatable bonds is 8. The van der Waals surface area contributed by atoms with Gasteiger partial charge >= 0.3 is 5.97 Å². The molecule has 0 spiro atoms. The zero-order valence-electron chi connectivity index (χ0n) is 25.8. The summed E-state index contributed by atoms with van der Waals surface area (Å²) in [6.07, 6.45) is 5.62. The van der Waals surface area contributed by atoms with Crippen molar-refractivity contribution >= 4 is 55.9 Å². The van der Waals surface area contributed by atoms with Crippen LogP contribution in [0.3, 0.4) is 0 Å². The van der Waals surface area contributed by atoms with E-state index in [2.05, 4.69) is 4.57 Å². The summed E-state index contributed by atoms with van der Waals surface area (Å²) < 4.78 is 51.0. The smallest absolute Gasteiger partial charge is 0.335 e. The van der Waals surface area contributed by atoms with E-state index in [0.717, 1.165) is 48.7 Å². The number of fused-ring (bicyclic) bond motifs is 1. The van der Waals surface area contributed by atoms with Crippen molar-refractivity contribution in [3.63, 3.8) is 0 Å². The van der Waals surface area contributed by atoms with Crippen molar-refractivity contribution in [3.8, 4) is 28.3 Å². The Morgan fingerprint density at radius 2 is 1.71 bits per heavy atom. The van der Waals surface area contributed by atoms with Gasteiger partial charge in [-0.3, -0.25) is 4.31 Å². The Labute approximate surface area is 287 Å². The molecule has 0 amide bonds. The van der Waals surface area contributed by atoms with Crippen LogP contribution in [-0.2, 0) is 16.6 Å². The molecule has 0 unspecified atom stereocenters. The Morgan fingerprint density at radius 3 is 2.40 bits per heavy atom. The fourth-order valence-corrected chi connectivity index (χ4v) is 8.80. The Kier molecular flexibility index (Phi) is 8.82. The van der Waals surface area contributed by atoms with Gasteiger partial charge in [-0.1, -0.05) is 54.6 Å². The average Bonchev–Trinajstić information content (AvgIpc) is 3.63. The lowest BCUT2D eigenvalue weighted by Crippen LogP contribution is -2.25. The predicted octanol–water partition coefficient (Wildman–Crippen LogP) is 9.14. The summed E-state index contributed by atoms with van der Waals surface area (Å²) in [5, 5.41) is 10.4. The number of aromatic nitrogens is 2. The summed E-state index contributed by atoms with van der Waals surface area (Å²) in [4.78, 5) is 16.4. The van der Waals surface area contributed by atoms with Gasteiger partial charge in [0.1, 0.15) is 24.0 Å². The van der Waals surface area contributed by atoms with Crippen LogP contribution in [0, 0.1) is 5.82 Å². The molecule has 248 valence electrons. The van der Waals surface area contributed by atoms with Crippen LogP contribution in [-0.4, -0.2) is 41.3 Å². The molecule has 1 aliphatic heterocycles. The molecule has 1 aromatic heterocycles. The Morgan fingerprint density at radius 1 is 0.938 bits per heavy atom. The zero-order valence-corrected chi connectivity index (χ0v) is 28.2. The molecular formula is C36H32Cl2FN3O5S. The number of benzene rings is 4. The summed E-state index contributed by atoms with van der Waals surface area (Å²) in [7, 11) is -3.49. The van der Waals surface area contributed by atoms with Gasteiger partial charge in [-0.05, 0) is 90.6 Å². The summed E-state index contributed by atoms with van der Waals surface area (Å²) in [5.41, 5.74) is 4.27. The third-order valence-corrected chi connectivity index (χ3v) is 11.6. The van der Waals surface area contributed by atoms with Crippen molar-refractivity contribution in [1.82, 2.24) is 9.55 Å². The van der Waals surface area contributed by atoms with Crippen molar-refractivity contribution in [2.24, 2.45) is 0 Å². The molecule has 8 nitrogen and oxygen atoms in total. The minimum absolute atomic E-state index is 0.00730. The molecule has 4 aromatic carbocycles. The molecule has 2 fully saturated rings. The number of nitrogens with zero attached hydrogens (tertiary/aromatic N) is 3. The number of halogens is 3. The van der Waals surface area contributed by atoms with E-state index in [1.807, 2.05) is 12.1 Å². The summed E-state index contributed by atoms with van der Waals surface area (Å²) in [5.74, 6) is -0.807. The van der Waals surface area contributed by atoms with Gasteiger partial charge in [-0.2, -0.15) is 0 Å². The van der Waals surface area contributed by atoms with Crippen molar-refractivity contribution < 1.29 is 27.4 Å². The molecule has 7 rings (SSSR count). The van der Waals surface area contributed by atoms with Crippen molar-refractivity contribution in [2.45, 2.75) is 51.2 Å². The van der Waals surface area contributed by atoms with E-state index in [1.165, 1.54) is 16.4 Å². The van der Waals surface area contributed by atoms with E-state index in [9.17, 15) is 18.3 Å². The first-order valence-electron chi connectivity index (χ1n) is 15.9. The highest BCUT2D eigenvalue weighted by Gasteiger charge is 2.31. The minimum atomic E-state index is -3.49. The lowest BCUT2D eigenvalue weighted by molar-refractivity contribution is 0.0697. The number of imidazole rings is 1. The second kappa shape index (κ2) is 13.1. The van der Waals surface area contributed by atoms with Gasteiger partial charge in [0.15, 0.2) is 0 Å². The number of carboxylic acids is 1. The molecule has 0 bridgehead atoms. The minimum Gasteiger partial charge on any atom is -0.489 e. The first kappa shape index (κ1) is 32.4. The largest absolute Gasteiger partial charge is 0.489 e. The fourth-order valence-electron chi connectivity index (χ4n) is 6.78. The van der Waals surface area contributed by atoms with Crippen LogP contribution >= 0.6 is 23.2 Å². The van der Waals surface area contributed by atoms with Crippen LogP contribution in [0.4, 0.5) is 10.1 Å². The van der Waals surface area contributed by atoms with E-state index >= 15 is 4.39 Å². The lowest BCUT2D eigenvalue weighted by atomic mass is 9.94. The molecule has 2 aliphatic rings. The number of hydrogen-bond donors (Lipinski definition) is 1. The van der Waals surface area contributed by atoms with Gasteiger partial charge in [-0.25, -0.2) is 22.6 Å².